The Labute approximate surface area is 108 Å². The van der Waals surface area contributed by atoms with Crippen LogP contribution >= 0.6 is 0 Å². The van der Waals surface area contributed by atoms with Crippen molar-refractivity contribution in [1.82, 2.24) is 9.71 Å². The van der Waals surface area contributed by atoms with Crippen molar-refractivity contribution >= 4 is 10.0 Å². The van der Waals surface area contributed by atoms with Crippen LogP contribution in [-0.4, -0.2) is 25.2 Å². The molecule has 1 atom stereocenters. The lowest BCUT2D eigenvalue weighted by atomic mass is 10.2. The van der Waals surface area contributed by atoms with Gasteiger partial charge in [-0.25, -0.2) is 8.42 Å². The summed E-state index contributed by atoms with van der Waals surface area (Å²) in [4.78, 5) is 4.06. The van der Waals surface area contributed by atoms with Crippen LogP contribution in [-0.2, 0) is 16.4 Å². The number of hydrogen-bond acceptors (Lipinski definition) is 4. The second-order valence-electron chi connectivity index (χ2n) is 3.98. The summed E-state index contributed by atoms with van der Waals surface area (Å²) in [6.07, 6.45) is 3.27. The molecule has 0 aliphatic heterocycles. The van der Waals surface area contributed by atoms with Gasteiger partial charge in [0, 0.05) is 18.3 Å². The van der Waals surface area contributed by atoms with Crippen LogP contribution in [0.25, 0.3) is 0 Å². The first-order valence-corrected chi connectivity index (χ1v) is 7.52. The van der Waals surface area contributed by atoms with E-state index in [9.17, 15) is 8.42 Å². The lowest BCUT2D eigenvalue weighted by Gasteiger charge is -2.10. The molecule has 18 heavy (non-hydrogen) atoms. The van der Waals surface area contributed by atoms with E-state index in [1.165, 1.54) is 0 Å². The molecule has 1 heterocycles. The highest BCUT2D eigenvalue weighted by atomic mass is 32.2. The van der Waals surface area contributed by atoms with Crippen LogP contribution in [0.3, 0.4) is 0 Å². The molecule has 0 aliphatic rings. The maximum atomic E-state index is 11.8. The number of aryl methyl sites for hydroxylation is 1. The van der Waals surface area contributed by atoms with E-state index in [4.69, 9.17) is 5.26 Å². The molecule has 1 aromatic rings. The fraction of sp³-hybridized carbons (Fsp3) is 0.500. The predicted octanol–water partition coefficient (Wildman–Crippen LogP) is 1.24. The summed E-state index contributed by atoms with van der Waals surface area (Å²) < 4.78 is 25.9. The average Bonchev–Trinajstić information content (AvgIpc) is 2.37. The molecule has 1 rings (SSSR count). The third kappa shape index (κ3) is 5.25. The summed E-state index contributed by atoms with van der Waals surface area (Å²) in [5.41, 5.74) is 0.729. The lowest BCUT2D eigenvalue weighted by Crippen LogP contribution is -2.35. The van der Waals surface area contributed by atoms with E-state index in [1.54, 1.807) is 18.3 Å². The third-order valence-corrected chi connectivity index (χ3v) is 3.79. The Balaban J connectivity index is 2.52. The number of hydrogen-bond donors (Lipinski definition) is 1. The Kier molecular flexibility index (Phi) is 5.75. The number of pyridine rings is 1. The van der Waals surface area contributed by atoms with Crippen LogP contribution in [0.5, 0.6) is 0 Å². The van der Waals surface area contributed by atoms with Crippen LogP contribution in [0.15, 0.2) is 24.4 Å². The van der Waals surface area contributed by atoms with E-state index in [-0.39, 0.29) is 5.75 Å². The van der Waals surface area contributed by atoms with Gasteiger partial charge in [0.2, 0.25) is 10.0 Å². The van der Waals surface area contributed by atoms with E-state index in [2.05, 4.69) is 9.71 Å². The van der Waals surface area contributed by atoms with E-state index in [1.807, 2.05) is 19.1 Å². The smallest absolute Gasteiger partial charge is 0.213 e. The van der Waals surface area contributed by atoms with Crippen molar-refractivity contribution in [3.8, 4) is 6.07 Å². The molecule has 1 aromatic heterocycles. The van der Waals surface area contributed by atoms with Gasteiger partial charge in [0.25, 0.3) is 0 Å². The standard InChI is InChI=1S/C12H17N3O2S/c1-2-5-12(10-13)15-18(16,17)9-7-11-6-3-4-8-14-11/h3-4,6,8,12,15H,2,5,7,9H2,1H3. The molecule has 0 aromatic carbocycles. The summed E-state index contributed by atoms with van der Waals surface area (Å²) in [5.74, 6) is -0.0497. The zero-order valence-corrected chi connectivity index (χ0v) is 11.2. The number of nitriles is 1. The fourth-order valence-corrected chi connectivity index (χ4v) is 2.70. The first-order valence-electron chi connectivity index (χ1n) is 5.87. The maximum Gasteiger partial charge on any atom is 0.213 e. The van der Waals surface area contributed by atoms with Gasteiger partial charge in [-0.2, -0.15) is 9.98 Å². The van der Waals surface area contributed by atoms with Gasteiger partial charge in [-0.05, 0) is 18.6 Å². The number of nitrogens with zero attached hydrogens (tertiary/aromatic N) is 2. The Bertz CT molecular complexity index is 494. The molecule has 0 aliphatic carbocycles. The third-order valence-electron chi connectivity index (χ3n) is 2.41. The second-order valence-corrected chi connectivity index (χ2v) is 5.85. The molecule has 0 fully saturated rings. The molecule has 0 amide bonds. The molecular formula is C12H17N3O2S. The average molecular weight is 267 g/mol. The van der Waals surface area contributed by atoms with Crippen molar-refractivity contribution in [2.75, 3.05) is 5.75 Å². The topological polar surface area (TPSA) is 82.9 Å². The van der Waals surface area contributed by atoms with E-state index in [0.717, 1.165) is 12.1 Å². The maximum absolute atomic E-state index is 11.8. The Morgan fingerprint density at radius 2 is 2.28 bits per heavy atom. The highest BCUT2D eigenvalue weighted by Crippen LogP contribution is 2.01. The normalized spacial score (nSPS) is 12.9. The summed E-state index contributed by atoms with van der Waals surface area (Å²) in [7, 11) is -3.43. The van der Waals surface area contributed by atoms with Gasteiger partial charge < -0.3 is 0 Å². The quantitative estimate of drug-likeness (QED) is 0.805. The number of aromatic nitrogens is 1. The number of rotatable bonds is 7. The monoisotopic (exact) mass is 267 g/mol. The molecule has 5 nitrogen and oxygen atoms in total. The Hall–Kier alpha value is -1.45. The molecule has 0 radical (unpaired) electrons. The van der Waals surface area contributed by atoms with Gasteiger partial charge in [0.1, 0.15) is 6.04 Å². The van der Waals surface area contributed by atoms with Crippen molar-refractivity contribution in [3.63, 3.8) is 0 Å². The lowest BCUT2D eigenvalue weighted by molar-refractivity contribution is 0.562. The van der Waals surface area contributed by atoms with Crippen molar-refractivity contribution in [3.05, 3.63) is 30.1 Å². The summed E-state index contributed by atoms with van der Waals surface area (Å²) in [5, 5.41) is 8.82. The highest BCUT2D eigenvalue weighted by Gasteiger charge is 2.16. The molecule has 1 N–H and O–H groups in total. The van der Waals surface area contributed by atoms with Crippen molar-refractivity contribution in [1.29, 1.82) is 5.26 Å². The van der Waals surface area contributed by atoms with Gasteiger partial charge in [0.05, 0.1) is 11.8 Å². The number of nitrogens with one attached hydrogen (secondary N) is 1. The second kappa shape index (κ2) is 7.09. The zero-order chi connectivity index (χ0) is 13.4. The van der Waals surface area contributed by atoms with Crippen LogP contribution in [0.2, 0.25) is 0 Å². The summed E-state index contributed by atoms with van der Waals surface area (Å²) in [6.45, 7) is 1.91. The highest BCUT2D eigenvalue weighted by molar-refractivity contribution is 7.89. The zero-order valence-electron chi connectivity index (χ0n) is 10.3. The van der Waals surface area contributed by atoms with Crippen molar-refractivity contribution < 1.29 is 8.42 Å². The SMILES string of the molecule is CCCC(C#N)NS(=O)(=O)CCc1ccccn1. The molecule has 6 heteroatoms. The van der Waals surface area contributed by atoms with Gasteiger partial charge in [-0.3, -0.25) is 4.98 Å². The molecule has 1 unspecified atom stereocenters. The molecule has 0 saturated carbocycles. The molecule has 0 saturated heterocycles. The van der Waals surface area contributed by atoms with Crippen molar-refractivity contribution in [2.45, 2.75) is 32.2 Å². The van der Waals surface area contributed by atoms with Crippen molar-refractivity contribution in [2.24, 2.45) is 0 Å². The molecule has 0 spiro atoms. The van der Waals surface area contributed by atoms with Crippen LogP contribution < -0.4 is 4.72 Å². The summed E-state index contributed by atoms with van der Waals surface area (Å²) in [6, 6.07) is 6.69. The molecule has 98 valence electrons. The minimum Gasteiger partial charge on any atom is -0.261 e. The first-order chi connectivity index (χ1) is 8.57. The van der Waals surface area contributed by atoms with Crippen LogP contribution in [0, 0.1) is 11.3 Å². The van der Waals surface area contributed by atoms with Gasteiger partial charge in [0.15, 0.2) is 0 Å². The van der Waals surface area contributed by atoms with Gasteiger partial charge >= 0.3 is 0 Å². The summed E-state index contributed by atoms with van der Waals surface area (Å²) >= 11 is 0. The first kappa shape index (κ1) is 14.6. The molecule has 0 bridgehead atoms. The Morgan fingerprint density at radius 3 is 2.83 bits per heavy atom. The largest absolute Gasteiger partial charge is 0.261 e. The minimum atomic E-state index is -3.43. The van der Waals surface area contributed by atoms with Gasteiger partial charge in [-0.15, -0.1) is 0 Å². The minimum absolute atomic E-state index is 0.0497. The van der Waals surface area contributed by atoms with Crippen LogP contribution in [0.4, 0.5) is 0 Å². The number of sulfonamides is 1. The van der Waals surface area contributed by atoms with Crippen LogP contribution in [0.1, 0.15) is 25.5 Å². The van der Waals surface area contributed by atoms with E-state index in [0.29, 0.717) is 12.8 Å². The van der Waals surface area contributed by atoms with E-state index < -0.39 is 16.1 Å². The molecular weight excluding hydrogens is 250 g/mol. The van der Waals surface area contributed by atoms with Gasteiger partial charge in [-0.1, -0.05) is 19.4 Å². The fourth-order valence-electron chi connectivity index (χ4n) is 1.50. The predicted molar refractivity (Wildman–Crippen MR) is 69.2 cm³/mol. The van der Waals surface area contributed by atoms with E-state index >= 15 is 0 Å². The Morgan fingerprint density at radius 1 is 1.50 bits per heavy atom.